The van der Waals surface area contributed by atoms with Crippen molar-refractivity contribution in [2.24, 2.45) is 0 Å². The Balaban J connectivity index is 1.33. The predicted molar refractivity (Wildman–Crippen MR) is 165 cm³/mol. The Bertz CT molecular complexity index is 1630. The number of hydrogen-bond acceptors (Lipinski definition) is 6. The van der Waals surface area contributed by atoms with Crippen LogP contribution in [0, 0.1) is 11.8 Å². The van der Waals surface area contributed by atoms with Gasteiger partial charge in [-0.2, -0.15) is 13.2 Å². The number of morpholine rings is 1. The second-order valence-corrected chi connectivity index (χ2v) is 14.0. The molecule has 7 nitrogen and oxygen atoms in total. The summed E-state index contributed by atoms with van der Waals surface area (Å²) in [7, 11) is -3.41. The molecule has 3 aromatic rings. The molecular formula is C31H36ClF3N4O3S. The Kier molecular flexibility index (Phi) is 9.23. The maximum Gasteiger partial charge on any atom is 0.406 e. The maximum absolute atomic E-state index is 13.6. The first-order valence-corrected chi connectivity index (χ1v) is 16.6. The molecule has 2 aliphatic rings. The van der Waals surface area contributed by atoms with Gasteiger partial charge >= 0.3 is 6.18 Å². The van der Waals surface area contributed by atoms with E-state index in [4.69, 9.17) is 16.3 Å². The van der Waals surface area contributed by atoms with Crippen LogP contribution in [0.2, 0.25) is 5.02 Å². The van der Waals surface area contributed by atoms with Gasteiger partial charge in [0.2, 0.25) is 0 Å². The van der Waals surface area contributed by atoms with Gasteiger partial charge in [-0.3, -0.25) is 4.90 Å². The molecule has 2 aromatic carbocycles. The van der Waals surface area contributed by atoms with Gasteiger partial charge in [0.05, 0.1) is 46.6 Å². The molecule has 0 radical (unpaired) electrons. The van der Waals surface area contributed by atoms with Crippen LogP contribution in [0.25, 0.3) is 10.9 Å². The van der Waals surface area contributed by atoms with Gasteiger partial charge < -0.3 is 19.9 Å². The Morgan fingerprint density at radius 1 is 1.09 bits per heavy atom. The Morgan fingerprint density at radius 2 is 1.81 bits per heavy atom. The molecule has 43 heavy (non-hydrogen) atoms. The van der Waals surface area contributed by atoms with E-state index in [0.29, 0.717) is 16.6 Å². The second kappa shape index (κ2) is 12.6. The van der Waals surface area contributed by atoms with Crippen LogP contribution < -0.4 is 10.6 Å². The number of sulfone groups is 1. The third-order valence-corrected chi connectivity index (χ3v) is 9.86. The summed E-state index contributed by atoms with van der Waals surface area (Å²) in [5.41, 5.74) is 2.14. The van der Waals surface area contributed by atoms with E-state index in [1.165, 1.54) is 22.8 Å². The van der Waals surface area contributed by atoms with Gasteiger partial charge in [0, 0.05) is 42.0 Å². The van der Waals surface area contributed by atoms with Crippen molar-refractivity contribution >= 4 is 43.7 Å². The molecule has 0 amide bonds. The highest BCUT2D eigenvalue weighted by Gasteiger charge is 2.37. The fraction of sp³-hybridized carbons (Fsp3) is 0.484. The zero-order chi connectivity index (χ0) is 30.8. The van der Waals surface area contributed by atoms with Crippen molar-refractivity contribution < 1.29 is 26.3 Å². The van der Waals surface area contributed by atoms with Crippen LogP contribution in [0.5, 0.6) is 0 Å². The highest BCUT2D eigenvalue weighted by atomic mass is 35.5. The first kappa shape index (κ1) is 31.5. The number of alkyl halides is 3. The van der Waals surface area contributed by atoms with E-state index in [1.54, 1.807) is 18.2 Å². The molecule has 232 valence electrons. The Labute approximate surface area is 255 Å². The summed E-state index contributed by atoms with van der Waals surface area (Å²) in [4.78, 5) is 2.62. The van der Waals surface area contributed by atoms with Crippen LogP contribution in [0.15, 0.2) is 47.4 Å². The van der Waals surface area contributed by atoms with E-state index in [-0.39, 0.29) is 33.7 Å². The average molecular weight is 637 g/mol. The second-order valence-electron chi connectivity index (χ2n) is 11.6. The van der Waals surface area contributed by atoms with E-state index in [1.807, 2.05) is 6.07 Å². The molecule has 5 rings (SSSR count). The van der Waals surface area contributed by atoms with Crippen LogP contribution in [0.1, 0.15) is 38.3 Å². The number of halogens is 4. The van der Waals surface area contributed by atoms with Crippen LogP contribution in [0.3, 0.4) is 0 Å². The van der Waals surface area contributed by atoms with Crippen molar-refractivity contribution in [1.29, 1.82) is 0 Å². The first-order valence-electron chi connectivity index (χ1n) is 14.3. The zero-order valence-electron chi connectivity index (χ0n) is 24.2. The first-order chi connectivity index (χ1) is 20.3. The SMILES string of the molecule is CC1(N2CCOCC2)CCC(Nc2cccc3c2cc(C#CCNc2ccc(S(C)(=O)=O)cc2Cl)n3CC(F)(F)F)CC1. The van der Waals surface area contributed by atoms with Crippen molar-refractivity contribution in [1.82, 2.24) is 9.47 Å². The third-order valence-electron chi connectivity index (χ3n) is 8.43. The number of aromatic nitrogens is 1. The molecule has 1 aliphatic carbocycles. The van der Waals surface area contributed by atoms with E-state index in [2.05, 4.69) is 34.3 Å². The lowest BCUT2D eigenvalue weighted by atomic mass is 9.79. The molecule has 0 spiro atoms. The maximum atomic E-state index is 13.6. The minimum Gasteiger partial charge on any atom is -0.382 e. The number of anilines is 2. The molecule has 0 bridgehead atoms. The molecule has 2 fully saturated rings. The van der Waals surface area contributed by atoms with Crippen molar-refractivity contribution in [2.45, 2.75) is 61.8 Å². The summed E-state index contributed by atoms with van der Waals surface area (Å²) in [6.07, 6.45) is 0.696. The lowest BCUT2D eigenvalue weighted by Gasteiger charge is -2.47. The standard InChI is InChI=1S/C31H36ClF3N4O3S/c1-30(38-15-17-42-18-16-38)12-10-22(11-13-30)37-27-6-3-7-29-25(27)19-23(39(29)21-31(33,34)35)5-4-14-36-28-9-8-24(20-26(28)32)43(2,40)41/h3,6-9,19-20,22,36-37H,10-18,21H2,1-2H3. The smallest absolute Gasteiger partial charge is 0.382 e. The predicted octanol–water partition coefficient (Wildman–Crippen LogP) is 6.17. The third kappa shape index (κ3) is 7.60. The van der Waals surface area contributed by atoms with Crippen molar-refractivity contribution in [3.63, 3.8) is 0 Å². The van der Waals surface area contributed by atoms with Gasteiger partial charge in [-0.15, -0.1) is 0 Å². The minimum absolute atomic E-state index is 0.0922. The minimum atomic E-state index is -4.42. The number of rotatable bonds is 7. The van der Waals surface area contributed by atoms with Crippen molar-refractivity contribution in [3.8, 4) is 11.8 Å². The monoisotopic (exact) mass is 636 g/mol. The zero-order valence-corrected chi connectivity index (χ0v) is 25.8. The molecule has 0 unspecified atom stereocenters. The van der Waals surface area contributed by atoms with Gasteiger partial charge in [-0.05, 0) is 74.9 Å². The molecule has 12 heteroatoms. The molecule has 1 aromatic heterocycles. The molecule has 2 N–H and O–H groups in total. The van der Waals surface area contributed by atoms with E-state index in [0.717, 1.165) is 63.9 Å². The Morgan fingerprint density at radius 3 is 2.47 bits per heavy atom. The summed E-state index contributed by atoms with van der Waals surface area (Å²) in [6.45, 7) is 4.69. The van der Waals surface area contributed by atoms with Crippen LogP contribution in [0.4, 0.5) is 24.5 Å². The van der Waals surface area contributed by atoms with E-state index < -0.39 is 22.6 Å². The summed E-state index contributed by atoms with van der Waals surface area (Å²) < 4.78 is 71.1. The summed E-state index contributed by atoms with van der Waals surface area (Å²) in [5, 5.41) is 7.53. The number of nitrogens with zero attached hydrogens (tertiary/aromatic N) is 2. The fourth-order valence-electron chi connectivity index (χ4n) is 6.03. The normalized spacial score (nSPS) is 21.8. The number of fused-ring (bicyclic) bond motifs is 1. The largest absolute Gasteiger partial charge is 0.406 e. The number of benzene rings is 2. The van der Waals surface area contributed by atoms with Gasteiger partial charge in [-0.1, -0.05) is 23.6 Å². The quantitative estimate of drug-likeness (QED) is 0.302. The van der Waals surface area contributed by atoms with Gasteiger partial charge in [0.25, 0.3) is 0 Å². The van der Waals surface area contributed by atoms with Crippen LogP contribution in [-0.4, -0.2) is 74.7 Å². The van der Waals surface area contributed by atoms with E-state index >= 15 is 0 Å². The summed E-state index contributed by atoms with van der Waals surface area (Å²) >= 11 is 6.22. The highest BCUT2D eigenvalue weighted by molar-refractivity contribution is 7.90. The molecule has 1 saturated heterocycles. The van der Waals surface area contributed by atoms with Crippen LogP contribution in [-0.2, 0) is 21.1 Å². The molecule has 2 heterocycles. The Hall–Kier alpha value is -2.91. The number of ether oxygens (including phenoxy) is 1. The summed E-state index contributed by atoms with van der Waals surface area (Å²) in [5.74, 6) is 5.79. The lowest BCUT2D eigenvalue weighted by molar-refractivity contribution is -0.140. The highest BCUT2D eigenvalue weighted by Crippen LogP contribution is 2.37. The number of hydrogen-bond donors (Lipinski definition) is 2. The summed E-state index contributed by atoms with van der Waals surface area (Å²) in [6, 6.07) is 11.6. The lowest BCUT2D eigenvalue weighted by Crippen LogP contribution is -2.54. The van der Waals surface area contributed by atoms with E-state index in [9.17, 15) is 21.6 Å². The molecule has 1 saturated carbocycles. The van der Waals surface area contributed by atoms with Gasteiger partial charge in [0.1, 0.15) is 6.54 Å². The number of nitrogens with one attached hydrogen (secondary N) is 2. The van der Waals surface area contributed by atoms with Gasteiger partial charge in [0.15, 0.2) is 9.84 Å². The van der Waals surface area contributed by atoms with Crippen LogP contribution >= 0.6 is 11.6 Å². The van der Waals surface area contributed by atoms with Crippen molar-refractivity contribution in [2.75, 3.05) is 49.7 Å². The molecule has 1 aliphatic heterocycles. The van der Waals surface area contributed by atoms with Crippen molar-refractivity contribution in [3.05, 3.63) is 53.2 Å². The van der Waals surface area contributed by atoms with Gasteiger partial charge in [-0.25, -0.2) is 8.42 Å². The fourth-order valence-corrected chi connectivity index (χ4v) is 6.99. The molecular weight excluding hydrogens is 601 g/mol. The average Bonchev–Trinajstić information content (AvgIpc) is 3.29. The molecule has 0 atom stereocenters. The topological polar surface area (TPSA) is 75.6 Å².